The van der Waals surface area contributed by atoms with Gasteiger partial charge in [0.2, 0.25) is 0 Å². The lowest BCUT2D eigenvalue weighted by Crippen LogP contribution is -2.16. The van der Waals surface area contributed by atoms with Crippen LogP contribution in [0.25, 0.3) is 0 Å². The van der Waals surface area contributed by atoms with Gasteiger partial charge in [-0.2, -0.15) is 8.42 Å². The van der Waals surface area contributed by atoms with Crippen molar-refractivity contribution >= 4 is 21.9 Å². The molecule has 0 aliphatic carbocycles. The van der Waals surface area contributed by atoms with Crippen molar-refractivity contribution in [1.29, 1.82) is 0 Å². The Labute approximate surface area is 146 Å². The molecular weight excluding hydrogens is 344 g/mol. The van der Waals surface area contributed by atoms with Gasteiger partial charge in [-0.15, -0.1) is 0 Å². The lowest BCUT2D eigenvalue weighted by atomic mass is 10.1. The van der Waals surface area contributed by atoms with Crippen molar-refractivity contribution in [3.63, 3.8) is 0 Å². The smallest absolute Gasteiger partial charge is 0.339 e. The number of aryl methyl sites for hydroxylation is 1. The molecule has 0 amide bonds. The number of rotatable bonds is 6. The average molecular weight is 362 g/mol. The Bertz CT molecular complexity index is 867. The van der Waals surface area contributed by atoms with Crippen molar-refractivity contribution < 1.29 is 26.9 Å². The zero-order chi connectivity index (χ0) is 18.6. The molecule has 25 heavy (non-hydrogen) atoms. The van der Waals surface area contributed by atoms with E-state index >= 15 is 0 Å². The first-order valence-electron chi connectivity index (χ1n) is 7.48. The van der Waals surface area contributed by atoms with Crippen LogP contribution in [0.1, 0.15) is 31.1 Å². The maximum absolute atomic E-state index is 12.2. The van der Waals surface area contributed by atoms with Gasteiger partial charge in [0.05, 0.1) is 0 Å². The van der Waals surface area contributed by atoms with Crippen LogP contribution < -0.4 is 4.18 Å². The lowest BCUT2D eigenvalue weighted by molar-refractivity contribution is -0.152. The number of hydrogen-bond acceptors (Lipinski definition) is 6. The summed E-state index contributed by atoms with van der Waals surface area (Å²) in [5, 5.41) is 0. The summed E-state index contributed by atoms with van der Waals surface area (Å²) >= 11 is 0. The number of Topliss-reactive ketones (excluding diaryl/α,β-unsaturated/α-hetero) is 1. The van der Waals surface area contributed by atoms with Gasteiger partial charge in [-0.25, -0.2) is 0 Å². The molecule has 0 fully saturated rings. The molecule has 1 unspecified atom stereocenters. The molecule has 0 bridgehead atoms. The molecule has 2 rings (SSSR count). The molecule has 0 N–H and O–H groups in total. The van der Waals surface area contributed by atoms with Gasteiger partial charge in [0.1, 0.15) is 10.6 Å². The fourth-order valence-electron chi connectivity index (χ4n) is 2.13. The number of ketones is 1. The van der Waals surface area contributed by atoms with Crippen LogP contribution >= 0.6 is 0 Å². The van der Waals surface area contributed by atoms with E-state index in [1.165, 1.54) is 50.2 Å². The van der Waals surface area contributed by atoms with Gasteiger partial charge in [-0.1, -0.05) is 29.8 Å². The van der Waals surface area contributed by atoms with Crippen LogP contribution in [0.5, 0.6) is 5.75 Å². The molecule has 0 spiro atoms. The van der Waals surface area contributed by atoms with Crippen LogP contribution in [-0.4, -0.2) is 20.2 Å². The van der Waals surface area contributed by atoms with Crippen molar-refractivity contribution in [1.82, 2.24) is 0 Å². The third-order valence-corrected chi connectivity index (χ3v) is 4.61. The van der Waals surface area contributed by atoms with Crippen LogP contribution in [0.2, 0.25) is 0 Å². The third-order valence-electron chi connectivity index (χ3n) is 3.35. The molecule has 0 aliphatic rings. The van der Waals surface area contributed by atoms with Crippen molar-refractivity contribution in [3.05, 3.63) is 59.7 Å². The van der Waals surface area contributed by atoms with Crippen LogP contribution in [0.4, 0.5) is 0 Å². The monoisotopic (exact) mass is 362 g/mol. The molecule has 7 heteroatoms. The number of hydrogen-bond donors (Lipinski definition) is 0. The number of benzene rings is 2. The molecule has 0 saturated carbocycles. The molecule has 0 heterocycles. The SMILES string of the molecule is CC(=O)OC(C(C)=O)c1ccc(OS(=O)(=O)c2ccc(C)cc2)cc1. The van der Waals surface area contributed by atoms with Gasteiger partial charge in [0.25, 0.3) is 0 Å². The van der Waals surface area contributed by atoms with Gasteiger partial charge in [0, 0.05) is 12.5 Å². The van der Waals surface area contributed by atoms with Gasteiger partial charge < -0.3 is 8.92 Å². The molecule has 0 radical (unpaired) electrons. The largest absolute Gasteiger partial charge is 0.450 e. The van der Waals surface area contributed by atoms with Crippen molar-refractivity contribution in [2.24, 2.45) is 0 Å². The molecule has 0 aromatic heterocycles. The van der Waals surface area contributed by atoms with E-state index in [4.69, 9.17) is 8.92 Å². The maximum Gasteiger partial charge on any atom is 0.339 e. The lowest BCUT2D eigenvalue weighted by Gasteiger charge is -2.14. The van der Waals surface area contributed by atoms with Crippen LogP contribution in [0.3, 0.4) is 0 Å². The summed E-state index contributed by atoms with van der Waals surface area (Å²) in [6.07, 6.45) is -1.03. The predicted molar refractivity (Wildman–Crippen MR) is 90.6 cm³/mol. The quantitative estimate of drug-likeness (QED) is 0.580. The molecule has 2 aromatic carbocycles. The van der Waals surface area contributed by atoms with E-state index in [1.807, 2.05) is 6.92 Å². The molecule has 1 atom stereocenters. The van der Waals surface area contributed by atoms with Crippen LogP contribution in [0.15, 0.2) is 53.4 Å². The first-order valence-corrected chi connectivity index (χ1v) is 8.88. The number of ether oxygens (including phenoxy) is 1. The Kier molecular flexibility index (Phi) is 5.58. The minimum Gasteiger partial charge on any atom is -0.450 e. The second-order valence-electron chi connectivity index (χ2n) is 5.52. The van der Waals surface area contributed by atoms with Gasteiger partial charge in [-0.3, -0.25) is 9.59 Å². The highest BCUT2D eigenvalue weighted by atomic mass is 32.2. The summed E-state index contributed by atoms with van der Waals surface area (Å²) < 4.78 is 34.5. The van der Waals surface area contributed by atoms with Crippen molar-refractivity contribution in [2.45, 2.75) is 31.8 Å². The van der Waals surface area contributed by atoms with E-state index < -0.39 is 22.2 Å². The van der Waals surface area contributed by atoms with E-state index in [-0.39, 0.29) is 16.4 Å². The molecule has 6 nitrogen and oxygen atoms in total. The van der Waals surface area contributed by atoms with Crippen LogP contribution in [-0.2, 0) is 24.4 Å². The fourth-order valence-corrected chi connectivity index (χ4v) is 3.06. The first kappa shape index (κ1) is 18.7. The molecule has 0 aliphatic heterocycles. The van der Waals surface area contributed by atoms with E-state index in [0.717, 1.165) is 5.56 Å². The summed E-state index contributed by atoms with van der Waals surface area (Å²) in [6, 6.07) is 12.0. The van der Waals surface area contributed by atoms with Crippen molar-refractivity contribution in [3.8, 4) is 5.75 Å². The molecule has 2 aromatic rings. The number of carbonyl (C=O) groups is 2. The molecular formula is C18H18O6S. The van der Waals surface area contributed by atoms with E-state index in [9.17, 15) is 18.0 Å². The predicted octanol–water partition coefficient (Wildman–Crippen LogP) is 2.96. The zero-order valence-electron chi connectivity index (χ0n) is 14.1. The number of carbonyl (C=O) groups excluding carboxylic acids is 2. The second-order valence-corrected chi connectivity index (χ2v) is 7.07. The summed E-state index contributed by atoms with van der Waals surface area (Å²) in [6.45, 7) is 4.37. The highest BCUT2D eigenvalue weighted by Crippen LogP contribution is 2.24. The van der Waals surface area contributed by atoms with E-state index in [0.29, 0.717) is 5.56 Å². The minimum absolute atomic E-state index is 0.0451. The first-order chi connectivity index (χ1) is 11.7. The molecule has 132 valence electrons. The maximum atomic E-state index is 12.2. The summed E-state index contributed by atoms with van der Waals surface area (Å²) in [5.41, 5.74) is 1.37. The summed E-state index contributed by atoms with van der Waals surface area (Å²) in [7, 11) is -3.95. The Balaban J connectivity index is 2.20. The zero-order valence-corrected chi connectivity index (χ0v) is 14.9. The minimum atomic E-state index is -3.95. The van der Waals surface area contributed by atoms with Crippen molar-refractivity contribution in [2.75, 3.05) is 0 Å². The Morgan fingerprint density at radius 3 is 1.96 bits per heavy atom. The standard InChI is InChI=1S/C18H18O6S/c1-12-4-10-17(11-5-12)25(21,22)24-16-8-6-15(7-9-16)18(13(2)19)23-14(3)20/h4-11,18H,1-3H3. The third kappa shape index (κ3) is 4.90. The Morgan fingerprint density at radius 1 is 0.920 bits per heavy atom. The normalized spacial score (nSPS) is 12.3. The Morgan fingerprint density at radius 2 is 1.48 bits per heavy atom. The Hall–Kier alpha value is -2.67. The highest BCUT2D eigenvalue weighted by Gasteiger charge is 2.21. The van der Waals surface area contributed by atoms with Gasteiger partial charge in [0.15, 0.2) is 11.9 Å². The fraction of sp³-hybridized carbons (Fsp3) is 0.222. The van der Waals surface area contributed by atoms with E-state index in [1.54, 1.807) is 12.1 Å². The van der Waals surface area contributed by atoms with E-state index in [2.05, 4.69) is 0 Å². The highest BCUT2D eigenvalue weighted by molar-refractivity contribution is 7.87. The number of esters is 1. The summed E-state index contributed by atoms with van der Waals surface area (Å²) in [4.78, 5) is 22.7. The van der Waals surface area contributed by atoms with Gasteiger partial charge in [-0.05, 0) is 38.1 Å². The van der Waals surface area contributed by atoms with Crippen LogP contribution in [0, 0.1) is 6.92 Å². The van der Waals surface area contributed by atoms with Gasteiger partial charge >= 0.3 is 16.1 Å². The average Bonchev–Trinajstić information content (AvgIpc) is 2.53. The molecule has 0 saturated heterocycles. The topological polar surface area (TPSA) is 86.7 Å². The second kappa shape index (κ2) is 7.48. The summed E-state index contributed by atoms with van der Waals surface area (Å²) in [5.74, 6) is -0.826.